The molecule has 154 valence electrons. The Kier molecular flexibility index (Phi) is 8.29. The van der Waals surface area contributed by atoms with E-state index >= 15 is 0 Å². The summed E-state index contributed by atoms with van der Waals surface area (Å²) in [6.45, 7) is 6.31. The molecule has 1 aliphatic heterocycles. The van der Waals surface area contributed by atoms with Gasteiger partial charge in [0.25, 0.3) is 5.89 Å². The molecule has 3 heterocycles. The molecular weight excluding hydrogens is 376 g/mol. The maximum Gasteiger partial charge on any atom is 0.407 e. The molecule has 1 amide bonds. The first kappa shape index (κ1) is 20.8. The first-order chi connectivity index (χ1) is 13.7. The number of thiophene rings is 1. The normalized spacial score (nSPS) is 15.3. The number of nitrogens with zero attached hydrogens (tertiary/aromatic N) is 3. The van der Waals surface area contributed by atoms with Gasteiger partial charge in [-0.3, -0.25) is 4.90 Å². The molecule has 8 heteroatoms. The Hall–Kier alpha value is -1.93. The van der Waals surface area contributed by atoms with Crippen molar-refractivity contribution in [3.8, 4) is 10.8 Å². The van der Waals surface area contributed by atoms with Crippen molar-refractivity contribution in [3.63, 3.8) is 0 Å². The molecule has 0 radical (unpaired) electrons. The van der Waals surface area contributed by atoms with Gasteiger partial charge in [0.15, 0.2) is 5.82 Å². The van der Waals surface area contributed by atoms with Crippen LogP contribution in [0.15, 0.2) is 16.7 Å². The lowest BCUT2D eigenvalue weighted by atomic mass is 10.2. The number of aromatic nitrogens is 2. The highest BCUT2D eigenvalue weighted by molar-refractivity contribution is 7.15. The third-order valence-electron chi connectivity index (χ3n) is 4.78. The van der Waals surface area contributed by atoms with Crippen molar-refractivity contribution < 1.29 is 14.1 Å². The van der Waals surface area contributed by atoms with Crippen molar-refractivity contribution in [2.24, 2.45) is 0 Å². The summed E-state index contributed by atoms with van der Waals surface area (Å²) >= 11 is 1.71. The van der Waals surface area contributed by atoms with Crippen molar-refractivity contribution in [1.82, 2.24) is 20.4 Å². The van der Waals surface area contributed by atoms with Crippen LogP contribution < -0.4 is 5.32 Å². The van der Waals surface area contributed by atoms with E-state index in [0.717, 1.165) is 24.3 Å². The summed E-state index contributed by atoms with van der Waals surface area (Å²) in [5, 5.41) is 6.71. The predicted octanol–water partition coefficient (Wildman–Crippen LogP) is 4.24. The standard InChI is InChI=1S/C20H30N4O3S/c1-2-3-11-21-20(25)26-14-10-18-22-19(27-23-18)17-9-8-16(28-17)15-24-12-6-4-5-7-13-24/h8-9H,2-7,10-15H2,1H3,(H,21,25). The SMILES string of the molecule is CCCCNC(=O)OCCc1noc(-c2ccc(CN3CCCCCC3)s2)n1. The second kappa shape index (κ2) is 11.2. The molecule has 1 N–H and O–H groups in total. The fourth-order valence-corrected chi connectivity index (χ4v) is 4.17. The van der Waals surface area contributed by atoms with Gasteiger partial charge in [0.05, 0.1) is 4.88 Å². The van der Waals surface area contributed by atoms with Gasteiger partial charge in [-0.2, -0.15) is 4.98 Å². The first-order valence-electron chi connectivity index (χ1n) is 10.3. The minimum Gasteiger partial charge on any atom is -0.449 e. The predicted molar refractivity (Wildman–Crippen MR) is 109 cm³/mol. The number of carbonyl (C=O) groups is 1. The van der Waals surface area contributed by atoms with E-state index in [1.54, 1.807) is 11.3 Å². The van der Waals surface area contributed by atoms with Gasteiger partial charge in [-0.05, 0) is 44.5 Å². The van der Waals surface area contributed by atoms with Crippen molar-refractivity contribution in [3.05, 3.63) is 22.8 Å². The molecule has 7 nitrogen and oxygen atoms in total. The van der Waals surface area contributed by atoms with Gasteiger partial charge in [-0.1, -0.05) is 31.3 Å². The number of unbranched alkanes of at least 4 members (excludes halogenated alkanes) is 1. The van der Waals surface area contributed by atoms with E-state index < -0.39 is 6.09 Å². The van der Waals surface area contributed by atoms with E-state index in [4.69, 9.17) is 9.26 Å². The quantitative estimate of drug-likeness (QED) is 0.627. The number of amides is 1. The van der Waals surface area contributed by atoms with Crippen LogP contribution in [-0.2, 0) is 17.7 Å². The molecule has 0 saturated carbocycles. The smallest absolute Gasteiger partial charge is 0.407 e. The largest absolute Gasteiger partial charge is 0.449 e. The maximum atomic E-state index is 11.5. The van der Waals surface area contributed by atoms with E-state index in [0.29, 0.717) is 24.7 Å². The fourth-order valence-electron chi connectivity index (χ4n) is 3.20. The summed E-state index contributed by atoms with van der Waals surface area (Å²) in [4.78, 5) is 20.8. The summed E-state index contributed by atoms with van der Waals surface area (Å²) in [7, 11) is 0. The Morgan fingerprint density at radius 3 is 2.89 bits per heavy atom. The zero-order valence-electron chi connectivity index (χ0n) is 16.6. The maximum absolute atomic E-state index is 11.5. The van der Waals surface area contributed by atoms with Crippen LogP contribution >= 0.6 is 11.3 Å². The second-order valence-corrected chi connectivity index (χ2v) is 8.31. The molecule has 2 aromatic heterocycles. The van der Waals surface area contributed by atoms with E-state index in [1.807, 2.05) is 6.07 Å². The van der Waals surface area contributed by atoms with Gasteiger partial charge in [0, 0.05) is 24.4 Å². The van der Waals surface area contributed by atoms with Crippen LogP contribution in [0.1, 0.15) is 56.2 Å². The number of alkyl carbamates (subject to hydrolysis) is 1. The van der Waals surface area contributed by atoms with Gasteiger partial charge < -0.3 is 14.6 Å². The summed E-state index contributed by atoms with van der Waals surface area (Å²) in [6, 6.07) is 4.20. The van der Waals surface area contributed by atoms with Crippen molar-refractivity contribution in [2.45, 2.75) is 58.4 Å². The minimum absolute atomic E-state index is 0.238. The van der Waals surface area contributed by atoms with E-state index in [1.165, 1.54) is 43.6 Å². The lowest BCUT2D eigenvalue weighted by Gasteiger charge is -2.18. The van der Waals surface area contributed by atoms with Crippen molar-refractivity contribution in [1.29, 1.82) is 0 Å². The van der Waals surface area contributed by atoms with Crippen LogP contribution in [0.3, 0.4) is 0 Å². The fraction of sp³-hybridized carbons (Fsp3) is 0.650. The molecule has 1 saturated heterocycles. The van der Waals surface area contributed by atoms with Crippen molar-refractivity contribution in [2.75, 3.05) is 26.2 Å². The van der Waals surface area contributed by atoms with Crippen LogP contribution in [0.25, 0.3) is 10.8 Å². The Labute approximate surface area is 170 Å². The summed E-state index contributed by atoms with van der Waals surface area (Å²) in [5.41, 5.74) is 0. The van der Waals surface area contributed by atoms with Crippen LogP contribution in [0, 0.1) is 0 Å². The molecule has 0 aromatic carbocycles. The Morgan fingerprint density at radius 2 is 2.11 bits per heavy atom. The van der Waals surface area contributed by atoms with E-state index in [-0.39, 0.29) is 6.61 Å². The molecule has 0 atom stereocenters. The van der Waals surface area contributed by atoms with Gasteiger partial charge in [0.2, 0.25) is 0 Å². The highest BCUT2D eigenvalue weighted by Gasteiger charge is 2.15. The molecule has 3 rings (SSSR count). The average molecular weight is 407 g/mol. The molecule has 0 bridgehead atoms. The number of nitrogens with one attached hydrogen (secondary N) is 1. The highest BCUT2D eigenvalue weighted by Crippen LogP contribution is 2.28. The number of hydrogen-bond donors (Lipinski definition) is 1. The second-order valence-electron chi connectivity index (χ2n) is 7.14. The molecule has 28 heavy (non-hydrogen) atoms. The molecule has 0 unspecified atom stereocenters. The average Bonchev–Trinajstić information content (AvgIpc) is 3.26. The lowest BCUT2D eigenvalue weighted by molar-refractivity contribution is 0.146. The Morgan fingerprint density at radius 1 is 1.29 bits per heavy atom. The van der Waals surface area contributed by atoms with Crippen molar-refractivity contribution >= 4 is 17.4 Å². The monoisotopic (exact) mass is 406 g/mol. The molecule has 0 aliphatic carbocycles. The van der Waals surface area contributed by atoms with Gasteiger partial charge >= 0.3 is 6.09 Å². The van der Waals surface area contributed by atoms with Crippen LogP contribution in [0.2, 0.25) is 0 Å². The molecule has 0 spiro atoms. The van der Waals surface area contributed by atoms with E-state index in [2.05, 4.69) is 33.3 Å². The minimum atomic E-state index is -0.395. The van der Waals surface area contributed by atoms with Crippen LogP contribution in [0.5, 0.6) is 0 Å². The number of likely N-dealkylation sites (tertiary alicyclic amines) is 1. The highest BCUT2D eigenvalue weighted by atomic mass is 32.1. The van der Waals surface area contributed by atoms with Crippen LogP contribution in [-0.4, -0.2) is 47.4 Å². The molecule has 1 aliphatic rings. The third-order valence-corrected chi connectivity index (χ3v) is 5.84. The number of hydrogen-bond acceptors (Lipinski definition) is 7. The van der Waals surface area contributed by atoms with Gasteiger partial charge in [-0.25, -0.2) is 4.79 Å². The summed E-state index contributed by atoms with van der Waals surface area (Å²) < 4.78 is 10.5. The number of rotatable bonds is 9. The Balaban J connectivity index is 1.44. The zero-order valence-corrected chi connectivity index (χ0v) is 17.4. The number of ether oxygens (including phenoxy) is 1. The topological polar surface area (TPSA) is 80.5 Å². The molecule has 2 aromatic rings. The first-order valence-corrected chi connectivity index (χ1v) is 11.1. The zero-order chi connectivity index (χ0) is 19.6. The lowest BCUT2D eigenvalue weighted by Crippen LogP contribution is -2.26. The molecular formula is C20H30N4O3S. The molecule has 1 fully saturated rings. The van der Waals surface area contributed by atoms with Gasteiger partial charge in [-0.15, -0.1) is 11.3 Å². The summed E-state index contributed by atoms with van der Waals surface area (Å²) in [6.07, 6.45) is 7.32. The number of carbonyl (C=O) groups excluding carboxylic acids is 1. The van der Waals surface area contributed by atoms with E-state index in [9.17, 15) is 4.79 Å². The van der Waals surface area contributed by atoms with Gasteiger partial charge in [0.1, 0.15) is 6.61 Å². The van der Waals surface area contributed by atoms with Crippen LogP contribution in [0.4, 0.5) is 4.79 Å². The Bertz CT molecular complexity index is 723. The summed E-state index contributed by atoms with van der Waals surface area (Å²) in [5.74, 6) is 1.09. The third kappa shape index (κ3) is 6.60.